The van der Waals surface area contributed by atoms with Crippen LogP contribution in [0.15, 0.2) is 53.7 Å². The Hall–Kier alpha value is -2.74. The van der Waals surface area contributed by atoms with E-state index in [-0.39, 0.29) is 5.91 Å². The third-order valence-corrected chi connectivity index (χ3v) is 5.95. The Bertz CT molecular complexity index is 967. The molecule has 0 bridgehead atoms. The summed E-state index contributed by atoms with van der Waals surface area (Å²) in [5.74, 6) is -0.267. The number of alkyl halides is 3. The second kappa shape index (κ2) is 8.42. The molecule has 0 atom stereocenters. The number of anilines is 1. The zero-order chi connectivity index (χ0) is 22.1. The molecule has 2 heterocycles. The lowest BCUT2D eigenvalue weighted by molar-refractivity contribution is -0.137. The first-order valence-electron chi connectivity index (χ1n) is 9.94. The van der Waals surface area contributed by atoms with Crippen LogP contribution in [-0.2, 0) is 22.4 Å². The molecule has 164 valence electrons. The molecule has 9 heteroatoms. The Labute approximate surface area is 182 Å². The molecule has 0 radical (unpaired) electrons. The molecule has 0 aliphatic carbocycles. The van der Waals surface area contributed by atoms with Gasteiger partial charge in [-0.05, 0) is 42.0 Å². The highest BCUT2D eigenvalue weighted by Crippen LogP contribution is 2.37. The average Bonchev–Trinajstić information content (AvgIpc) is 3.17. The van der Waals surface area contributed by atoms with Gasteiger partial charge in [-0.2, -0.15) is 13.2 Å². The van der Waals surface area contributed by atoms with Gasteiger partial charge >= 0.3 is 6.18 Å². The highest BCUT2D eigenvalue weighted by molar-refractivity contribution is 6.39. The summed E-state index contributed by atoms with van der Waals surface area (Å²) in [7, 11) is 0. The minimum absolute atomic E-state index is 0.267. The Morgan fingerprint density at radius 1 is 1.10 bits per heavy atom. The van der Waals surface area contributed by atoms with E-state index in [1.165, 1.54) is 12.1 Å². The van der Waals surface area contributed by atoms with Gasteiger partial charge in [0.25, 0.3) is 5.91 Å². The third kappa shape index (κ3) is 4.95. The van der Waals surface area contributed by atoms with Crippen LogP contribution in [-0.4, -0.2) is 30.3 Å². The molecule has 1 amide bonds. The predicted octanol–water partition coefficient (Wildman–Crippen LogP) is 4.79. The largest absolute Gasteiger partial charge is 0.416 e. The Kier molecular flexibility index (Phi) is 5.83. The Morgan fingerprint density at radius 3 is 2.35 bits per heavy atom. The van der Waals surface area contributed by atoms with E-state index in [2.05, 4.69) is 10.5 Å². The molecule has 2 aliphatic heterocycles. The molecule has 1 spiro atoms. The van der Waals surface area contributed by atoms with E-state index in [0.29, 0.717) is 49.6 Å². The van der Waals surface area contributed by atoms with Crippen molar-refractivity contribution in [3.8, 4) is 0 Å². The molecule has 4 rings (SSSR count). The van der Waals surface area contributed by atoms with E-state index in [1.54, 1.807) is 12.1 Å². The maximum atomic E-state index is 12.8. The molecule has 2 aromatic rings. The first-order chi connectivity index (χ1) is 14.7. The smallest absolute Gasteiger partial charge is 0.388 e. The molecule has 1 saturated heterocycles. The molecule has 0 saturated carbocycles. The molecule has 0 unspecified atom stereocenters. The summed E-state index contributed by atoms with van der Waals surface area (Å²) >= 11 is 5.86. The van der Waals surface area contributed by atoms with Crippen LogP contribution in [0, 0.1) is 0 Å². The van der Waals surface area contributed by atoms with Crippen LogP contribution in [0.5, 0.6) is 0 Å². The number of hydrogen-bond donors (Lipinski definition) is 1. The molecule has 0 aromatic heterocycles. The molecule has 1 N–H and O–H groups in total. The summed E-state index contributed by atoms with van der Waals surface area (Å²) < 4.78 is 38.3. The van der Waals surface area contributed by atoms with Gasteiger partial charge in [0, 0.05) is 49.6 Å². The lowest BCUT2D eigenvalue weighted by Gasteiger charge is -2.38. The number of oxime groups is 1. The third-order valence-electron chi connectivity index (χ3n) is 5.70. The quantitative estimate of drug-likeness (QED) is 0.727. The Morgan fingerprint density at radius 2 is 1.74 bits per heavy atom. The summed E-state index contributed by atoms with van der Waals surface area (Å²) in [6.07, 6.45) is -2.67. The fraction of sp³-hybridized carbons (Fsp3) is 0.364. The van der Waals surface area contributed by atoms with Gasteiger partial charge in [0.05, 0.1) is 5.56 Å². The minimum Gasteiger partial charge on any atom is -0.388 e. The summed E-state index contributed by atoms with van der Waals surface area (Å²) in [5.41, 5.74) is 0.831. The number of rotatable bonds is 4. The number of piperidine rings is 1. The number of carbonyl (C=O) groups excluding carboxylic acids is 1. The Balaban J connectivity index is 1.29. The number of carbonyl (C=O) groups is 1. The van der Waals surface area contributed by atoms with Gasteiger partial charge in [-0.15, -0.1) is 0 Å². The molecule has 1 fully saturated rings. The van der Waals surface area contributed by atoms with Crippen LogP contribution < -0.4 is 10.2 Å². The predicted molar refractivity (Wildman–Crippen MR) is 112 cm³/mol. The minimum atomic E-state index is -4.34. The molecule has 2 aliphatic rings. The van der Waals surface area contributed by atoms with Crippen LogP contribution in [0.4, 0.5) is 18.9 Å². The van der Waals surface area contributed by atoms with Crippen LogP contribution in [0.25, 0.3) is 0 Å². The topological polar surface area (TPSA) is 53.9 Å². The normalized spacial score (nSPS) is 17.9. The van der Waals surface area contributed by atoms with Crippen molar-refractivity contribution >= 4 is 28.9 Å². The van der Waals surface area contributed by atoms with Crippen molar-refractivity contribution in [2.75, 3.05) is 18.0 Å². The van der Waals surface area contributed by atoms with Crippen LogP contribution in [0.3, 0.4) is 0 Å². The number of nitrogens with zero attached hydrogens (tertiary/aromatic N) is 2. The van der Waals surface area contributed by atoms with Gasteiger partial charge in [-0.25, -0.2) is 0 Å². The first kappa shape index (κ1) is 21.5. The summed E-state index contributed by atoms with van der Waals surface area (Å²) in [6, 6.07) is 12.4. The summed E-state index contributed by atoms with van der Waals surface area (Å²) in [6.45, 7) is 1.59. The van der Waals surface area contributed by atoms with E-state index in [4.69, 9.17) is 16.4 Å². The standard InChI is InChI=1S/C22H21ClF3N3O2/c23-17-5-1-15(2-6-17)14-27-20(30)19-13-21(31-28-19)9-11-29(12-10-21)18-7-3-16(4-8-18)22(24,25)26/h1-8H,9-14H2,(H,27,30). The monoisotopic (exact) mass is 451 g/mol. The number of benzene rings is 2. The average molecular weight is 452 g/mol. The van der Waals surface area contributed by atoms with Gasteiger partial charge in [0.1, 0.15) is 11.3 Å². The number of nitrogens with one attached hydrogen (secondary N) is 1. The lowest BCUT2D eigenvalue weighted by atomic mass is 9.86. The molecule has 31 heavy (non-hydrogen) atoms. The van der Waals surface area contributed by atoms with E-state index in [9.17, 15) is 18.0 Å². The van der Waals surface area contributed by atoms with Crippen molar-refractivity contribution in [3.05, 3.63) is 64.7 Å². The fourth-order valence-corrected chi connectivity index (χ4v) is 3.96. The molecular formula is C22H21ClF3N3O2. The second-order valence-electron chi connectivity index (χ2n) is 7.83. The zero-order valence-corrected chi connectivity index (χ0v) is 17.3. The van der Waals surface area contributed by atoms with Crippen molar-refractivity contribution in [1.82, 2.24) is 5.32 Å². The highest BCUT2D eigenvalue weighted by Gasteiger charge is 2.43. The van der Waals surface area contributed by atoms with Gasteiger partial charge in [0.15, 0.2) is 0 Å². The van der Waals surface area contributed by atoms with Crippen molar-refractivity contribution in [2.45, 2.75) is 37.6 Å². The zero-order valence-electron chi connectivity index (χ0n) is 16.6. The van der Waals surface area contributed by atoms with Crippen LogP contribution >= 0.6 is 11.6 Å². The van der Waals surface area contributed by atoms with E-state index in [1.807, 2.05) is 17.0 Å². The lowest BCUT2D eigenvalue weighted by Crippen LogP contribution is -2.45. The van der Waals surface area contributed by atoms with Gasteiger partial charge < -0.3 is 15.1 Å². The van der Waals surface area contributed by atoms with Gasteiger partial charge in [0.2, 0.25) is 0 Å². The van der Waals surface area contributed by atoms with Crippen LogP contribution in [0.2, 0.25) is 5.02 Å². The van der Waals surface area contributed by atoms with Crippen molar-refractivity contribution in [1.29, 1.82) is 0 Å². The number of amides is 1. The maximum absolute atomic E-state index is 12.8. The van der Waals surface area contributed by atoms with Crippen molar-refractivity contribution in [2.24, 2.45) is 5.16 Å². The SMILES string of the molecule is O=C(NCc1ccc(Cl)cc1)C1=NOC2(CCN(c3ccc(C(F)(F)F)cc3)CC2)C1. The van der Waals surface area contributed by atoms with E-state index in [0.717, 1.165) is 23.4 Å². The first-order valence-corrected chi connectivity index (χ1v) is 10.3. The fourth-order valence-electron chi connectivity index (χ4n) is 3.83. The highest BCUT2D eigenvalue weighted by atomic mass is 35.5. The van der Waals surface area contributed by atoms with Gasteiger partial charge in [-0.3, -0.25) is 4.79 Å². The summed E-state index contributed by atoms with van der Waals surface area (Å²) in [5, 5.41) is 7.49. The van der Waals surface area contributed by atoms with Crippen LogP contribution in [0.1, 0.15) is 30.4 Å². The number of hydrogen-bond acceptors (Lipinski definition) is 4. The van der Waals surface area contributed by atoms with Crippen molar-refractivity contribution in [3.63, 3.8) is 0 Å². The number of halogens is 4. The molecule has 5 nitrogen and oxygen atoms in total. The summed E-state index contributed by atoms with van der Waals surface area (Å²) in [4.78, 5) is 20.1. The van der Waals surface area contributed by atoms with E-state index < -0.39 is 17.3 Å². The molecular weight excluding hydrogens is 431 g/mol. The maximum Gasteiger partial charge on any atom is 0.416 e. The van der Waals surface area contributed by atoms with Crippen molar-refractivity contribution < 1.29 is 22.8 Å². The molecule has 2 aromatic carbocycles. The van der Waals surface area contributed by atoms with Gasteiger partial charge in [-0.1, -0.05) is 28.9 Å². The van der Waals surface area contributed by atoms with E-state index >= 15 is 0 Å². The second-order valence-corrected chi connectivity index (χ2v) is 8.27.